The van der Waals surface area contributed by atoms with Crippen LogP contribution >= 0.6 is 0 Å². The van der Waals surface area contributed by atoms with E-state index in [1.165, 1.54) is 6.07 Å². The smallest absolute Gasteiger partial charge is 0.131 e. The Labute approximate surface area is 123 Å². The first-order chi connectivity index (χ1) is 10.2. The normalized spacial score (nSPS) is 12.5. The maximum absolute atomic E-state index is 14.3. The Kier molecular flexibility index (Phi) is 3.67. The quantitative estimate of drug-likeness (QED) is 0.772. The lowest BCUT2D eigenvalue weighted by Gasteiger charge is -2.14. The second kappa shape index (κ2) is 5.62. The highest BCUT2D eigenvalue weighted by atomic mass is 19.1. The molecule has 2 nitrogen and oxygen atoms in total. The molecule has 1 aromatic heterocycles. The summed E-state index contributed by atoms with van der Waals surface area (Å²) in [6.45, 7) is 2.06. The lowest BCUT2D eigenvalue weighted by Crippen LogP contribution is -2.12. The average molecular weight is 280 g/mol. The summed E-state index contributed by atoms with van der Waals surface area (Å²) in [6.07, 6.45) is 3.54. The van der Waals surface area contributed by atoms with Gasteiger partial charge in [-0.15, -0.1) is 0 Å². The van der Waals surface area contributed by atoms with Crippen LogP contribution in [0.4, 0.5) is 4.39 Å². The number of benzene rings is 2. The van der Waals surface area contributed by atoms with Crippen molar-refractivity contribution in [2.45, 2.75) is 13.0 Å². The van der Waals surface area contributed by atoms with Gasteiger partial charge < -0.3 is 5.32 Å². The molecule has 1 heterocycles. The second-order valence-corrected chi connectivity index (χ2v) is 5.15. The zero-order chi connectivity index (χ0) is 14.8. The molecule has 0 saturated heterocycles. The number of fused-ring (bicyclic) bond motifs is 1. The van der Waals surface area contributed by atoms with Crippen molar-refractivity contribution < 1.29 is 4.39 Å². The predicted molar refractivity (Wildman–Crippen MR) is 84.6 cm³/mol. The van der Waals surface area contributed by atoms with Crippen molar-refractivity contribution >= 4 is 10.8 Å². The number of aromatic nitrogens is 1. The largest absolute Gasteiger partial charge is 0.313 e. The molecule has 0 amide bonds. The Morgan fingerprint density at radius 3 is 2.76 bits per heavy atom. The highest BCUT2D eigenvalue weighted by Crippen LogP contribution is 2.31. The number of hydrogen-bond acceptors (Lipinski definition) is 2. The molecule has 0 aliphatic rings. The second-order valence-electron chi connectivity index (χ2n) is 5.15. The molecule has 2 aromatic carbocycles. The molecule has 106 valence electrons. The van der Waals surface area contributed by atoms with Crippen LogP contribution in [0.5, 0.6) is 0 Å². The molecule has 0 bridgehead atoms. The third-order valence-electron chi connectivity index (χ3n) is 3.90. The van der Waals surface area contributed by atoms with E-state index in [1.54, 1.807) is 12.4 Å². The van der Waals surface area contributed by atoms with Gasteiger partial charge >= 0.3 is 0 Å². The molecule has 3 heteroatoms. The standard InChI is InChI=1S/C18H17FN2/c1-12(20-2)14-6-7-18(19)16(10-14)15-5-3-4-13-8-9-21-11-17(13)15/h3-12,20H,1-2H3. The van der Waals surface area contributed by atoms with Crippen LogP contribution in [0.3, 0.4) is 0 Å². The Hall–Kier alpha value is -2.26. The molecule has 21 heavy (non-hydrogen) atoms. The molecule has 0 radical (unpaired) electrons. The minimum absolute atomic E-state index is 0.178. The number of nitrogens with zero attached hydrogens (tertiary/aromatic N) is 1. The van der Waals surface area contributed by atoms with Gasteiger partial charge in [0.25, 0.3) is 0 Å². The zero-order valence-corrected chi connectivity index (χ0v) is 12.1. The summed E-state index contributed by atoms with van der Waals surface area (Å²) >= 11 is 0. The van der Waals surface area contributed by atoms with Crippen LogP contribution < -0.4 is 5.32 Å². The molecule has 1 atom stereocenters. The molecule has 3 aromatic rings. The average Bonchev–Trinajstić information content (AvgIpc) is 2.54. The maximum atomic E-state index is 14.3. The van der Waals surface area contributed by atoms with Crippen LogP contribution in [-0.4, -0.2) is 12.0 Å². The van der Waals surface area contributed by atoms with E-state index < -0.39 is 0 Å². The summed E-state index contributed by atoms with van der Waals surface area (Å²) in [5.74, 6) is -0.210. The van der Waals surface area contributed by atoms with Gasteiger partial charge in [0.15, 0.2) is 0 Å². The molecule has 0 aliphatic heterocycles. The van der Waals surface area contributed by atoms with Gasteiger partial charge in [0, 0.05) is 29.4 Å². The molecule has 1 unspecified atom stereocenters. The van der Waals surface area contributed by atoms with Gasteiger partial charge in [0.2, 0.25) is 0 Å². The first-order valence-corrected chi connectivity index (χ1v) is 7.00. The van der Waals surface area contributed by atoms with Crippen molar-refractivity contribution in [1.82, 2.24) is 10.3 Å². The fourth-order valence-electron chi connectivity index (χ4n) is 2.53. The third kappa shape index (κ3) is 2.52. The van der Waals surface area contributed by atoms with Crippen LogP contribution in [0.15, 0.2) is 54.9 Å². The van der Waals surface area contributed by atoms with Crippen LogP contribution in [0, 0.1) is 5.82 Å². The Bertz CT molecular complexity index is 778. The molecule has 0 spiro atoms. The van der Waals surface area contributed by atoms with Crippen LogP contribution in [0.25, 0.3) is 21.9 Å². The SMILES string of the molecule is CNC(C)c1ccc(F)c(-c2cccc3ccncc23)c1. The first kappa shape index (κ1) is 13.7. The summed E-state index contributed by atoms with van der Waals surface area (Å²) in [4.78, 5) is 4.17. The van der Waals surface area contributed by atoms with E-state index in [0.29, 0.717) is 5.56 Å². The molecular weight excluding hydrogens is 263 g/mol. The molecule has 0 aliphatic carbocycles. The van der Waals surface area contributed by atoms with Gasteiger partial charge in [-0.3, -0.25) is 4.98 Å². The molecule has 0 saturated carbocycles. The summed E-state index contributed by atoms with van der Waals surface area (Å²) in [7, 11) is 1.90. The summed E-state index contributed by atoms with van der Waals surface area (Å²) in [5, 5.41) is 5.21. The van der Waals surface area contributed by atoms with E-state index >= 15 is 0 Å². The van der Waals surface area contributed by atoms with Crippen molar-refractivity contribution in [3.05, 3.63) is 66.2 Å². The number of rotatable bonds is 3. The third-order valence-corrected chi connectivity index (χ3v) is 3.90. The lowest BCUT2D eigenvalue weighted by molar-refractivity contribution is 0.622. The van der Waals surface area contributed by atoms with Crippen LogP contribution in [-0.2, 0) is 0 Å². The fraction of sp³-hybridized carbons (Fsp3) is 0.167. The molecular formula is C18H17FN2. The van der Waals surface area contributed by atoms with Crippen molar-refractivity contribution in [2.75, 3.05) is 7.05 Å². The summed E-state index contributed by atoms with van der Waals surface area (Å²) < 4.78 is 14.3. The van der Waals surface area contributed by atoms with E-state index in [-0.39, 0.29) is 11.9 Å². The monoisotopic (exact) mass is 280 g/mol. The summed E-state index contributed by atoms with van der Waals surface area (Å²) in [5.41, 5.74) is 2.56. The van der Waals surface area contributed by atoms with E-state index in [9.17, 15) is 4.39 Å². The van der Waals surface area contributed by atoms with Gasteiger partial charge in [-0.05, 0) is 48.7 Å². The Balaban J connectivity index is 2.23. The van der Waals surface area contributed by atoms with Gasteiger partial charge in [-0.1, -0.05) is 24.3 Å². The van der Waals surface area contributed by atoms with Gasteiger partial charge in [0.05, 0.1) is 0 Å². The number of halogens is 1. The molecule has 0 fully saturated rings. The highest BCUT2D eigenvalue weighted by molar-refractivity contribution is 5.96. The number of hydrogen-bond donors (Lipinski definition) is 1. The van der Waals surface area contributed by atoms with Crippen LogP contribution in [0.2, 0.25) is 0 Å². The minimum Gasteiger partial charge on any atom is -0.313 e. The van der Waals surface area contributed by atoms with Gasteiger partial charge in [-0.25, -0.2) is 4.39 Å². The van der Waals surface area contributed by atoms with Crippen molar-refractivity contribution in [3.63, 3.8) is 0 Å². The fourth-order valence-corrected chi connectivity index (χ4v) is 2.53. The van der Waals surface area contributed by atoms with Crippen molar-refractivity contribution in [3.8, 4) is 11.1 Å². The topological polar surface area (TPSA) is 24.9 Å². The van der Waals surface area contributed by atoms with E-state index in [4.69, 9.17) is 0 Å². The number of nitrogens with one attached hydrogen (secondary N) is 1. The molecule has 1 N–H and O–H groups in total. The highest BCUT2D eigenvalue weighted by Gasteiger charge is 2.12. The Morgan fingerprint density at radius 2 is 1.95 bits per heavy atom. The minimum atomic E-state index is -0.210. The lowest BCUT2D eigenvalue weighted by atomic mass is 9.96. The van der Waals surface area contributed by atoms with E-state index in [0.717, 1.165) is 21.9 Å². The van der Waals surface area contributed by atoms with Crippen molar-refractivity contribution in [1.29, 1.82) is 0 Å². The Morgan fingerprint density at radius 1 is 1.10 bits per heavy atom. The number of pyridine rings is 1. The predicted octanol–water partition coefficient (Wildman–Crippen LogP) is 4.32. The first-order valence-electron chi connectivity index (χ1n) is 7.00. The van der Waals surface area contributed by atoms with Gasteiger partial charge in [0.1, 0.15) is 5.82 Å². The van der Waals surface area contributed by atoms with Crippen molar-refractivity contribution in [2.24, 2.45) is 0 Å². The van der Waals surface area contributed by atoms with Gasteiger partial charge in [-0.2, -0.15) is 0 Å². The van der Waals surface area contributed by atoms with E-state index in [2.05, 4.69) is 17.2 Å². The van der Waals surface area contributed by atoms with E-state index in [1.807, 2.05) is 43.4 Å². The van der Waals surface area contributed by atoms with Crippen LogP contribution in [0.1, 0.15) is 18.5 Å². The maximum Gasteiger partial charge on any atom is 0.131 e. The molecule has 3 rings (SSSR count). The summed E-state index contributed by atoms with van der Waals surface area (Å²) in [6, 6.07) is 13.3. The zero-order valence-electron chi connectivity index (χ0n) is 12.1.